The summed E-state index contributed by atoms with van der Waals surface area (Å²) in [5, 5.41) is 8.85. The molecule has 0 aromatic heterocycles. The smallest absolute Gasteiger partial charge is 0.253 e. The minimum absolute atomic E-state index is 0.0512. The maximum Gasteiger partial charge on any atom is 0.253 e. The molecule has 0 bridgehead atoms. The predicted octanol–water partition coefficient (Wildman–Crippen LogP) is 0.660. The SMILES string of the molecule is CN(CCO)C(=O)c1ccc2c(c1)CCC(=O)N2C. The molecule has 1 aromatic rings. The zero-order valence-electron chi connectivity index (χ0n) is 11.2. The van der Waals surface area contributed by atoms with Gasteiger partial charge in [-0.2, -0.15) is 0 Å². The number of aliphatic hydroxyl groups is 1. The van der Waals surface area contributed by atoms with Gasteiger partial charge in [-0.3, -0.25) is 9.59 Å². The molecule has 0 saturated carbocycles. The lowest BCUT2D eigenvalue weighted by atomic mass is 9.99. The highest BCUT2D eigenvalue weighted by Gasteiger charge is 2.22. The number of benzene rings is 1. The van der Waals surface area contributed by atoms with Crippen molar-refractivity contribution in [2.24, 2.45) is 0 Å². The molecular weight excluding hydrogens is 244 g/mol. The molecule has 19 heavy (non-hydrogen) atoms. The summed E-state index contributed by atoms with van der Waals surface area (Å²) in [4.78, 5) is 26.8. The molecule has 0 fully saturated rings. The maximum absolute atomic E-state index is 12.1. The molecule has 0 aliphatic carbocycles. The van der Waals surface area contributed by atoms with Crippen molar-refractivity contribution >= 4 is 17.5 Å². The lowest BCUT2D eigenvalue weighted by molar-refractivity contribution is -0.118. The number of amides is 2. The Morgan fingerprint density at radius 3 is 2.84 bits per heavy atom. The van der Waals surface area contributed by atoms with Crippen LogP contribution in [-0.4, -0.2) is 49.1 Å². The average Bonchev–Trinajstić information content (AvgIpc) is 2.42. The summed E-state index contributed by atoms with van der Waals surface area (Å²) in [5.41, 5.74) is 2.49. The second kappa shape index (κ2) is 5.40. The third-order valence-electron chi connectivity index (χ3n) is 3.45. The van der Waals surface area contributed by atoms with E-state index < -0.39 is 0 Å². The summed E-state index contributed by atoms with van der Waals surface area (Å²) in [6.45, 7) is 0.263. The highest BCUT2D eigenvalue weighted by atomic mass is 16.3. The fourth-order valence-corrected chi connectivity index (χ4v) is 2.26. The van der Waals surface area contributed by atoms with Gasteiger partial charge in [-0.1, -0.05) is 0 Å². The molecule has 2 amide bonds. The van der Waals surface area contributed by atoms with E-state index in [-0.39, 0.29) is 18.4 Å². The number of hydrogen-bond acceptors (Lipinski definition) is 3. The van der Waals surface area contributed by atoms with Crippen LogP contribution < -0.4 is 4.90 Å². The van der Waals surface area contributed by atoms with Crippen LogP contribution in [0.4, 0.5) is 5.69 Å². The van der Waals surface area contributed by atoms with Gasteiger partial charge in [-0.25, -0.2) is 0 Å². The molecule has 1 heterocycles. The van der Waals surface area contributed by atoms with E-state index in [1.165, 1.54) is 4.90 Å². The van der Waals surface area contributed by atoms with Gasteiger partial charge < -0.3 is 14.9 Å². The van der Waals surface area contributed by atoms with Crippen LogP contribution >= 0.6 is 0 Å². The van der Waals surface area contributed by atoms with Gasteiger partial charge in [0.05, 0.1) is 6.61 Å². The third kappa shape index (κ3) is 2.61. The van der Waals surface area contributed by atoms with Gasteiger partial charge in [0.2, 0.25) is 5.91 Å². The summed E-state index contributed by atoms with van der Waals surface area (Å²) in [6.07, 6.45) is 1.15. The lowest BCUT2D eigenvalue weighted by Crippen LogP contribution is -2.32. The number of anilines is 1. The van der Waals surface area contributed by atoms with Crippen LogP contribution in [0.5, 0.6) is 0 Å². The first kappa shape index (κ1) is 13.5. The monoisotopic (exact) mass is 262 g/mol. The van der Waals surface area contributed by atoms with Gasteiger partial charge in [-0.05, 0) is 30.2 Å². The minimum atomic E-state index is -0.114. The normalized spacial score (nSPS) is 14.3. The molecule has 5 heteroatoms. The van der Waals surface area contributed by atoms with E-state index in [0.717, 1.165) is 11.3 Å². The quantitative estimate of drug-likeness (QED) is 0.870. The number of aliphatic hydroxyl groups excluding tert-OH is 1. The number of hydrogen-bond donors (Lipinski definition) is 1. The topological polar surface area (TPSA) is 60.9 Å². The highest BCUT2D eigenvalue weighted by molar-refractivity contribution is 5.98. The molecule has 1 aliphatic heterocycles. The van der Waals surface area contributed by atoms with Crippen molar-refractivity contribution in [2.45, 2.75) is 12.8 Å². The number of nitrogens with zero attached hydrogens (tertiary/aromatic N) is 2. The second-order valence-electron chi connectivity index (χ2n) is 4.75. The van der Waals surface area contributed by atoms with Crippen molar-refractivity contribution < 1.29 is 14.7 Å². The van der Waals surface area contributed by atoms with Crippen LogP contribution in [0.1, 0.15) is 22.3 Å². The van der Waals surface area contributed by atoms with Crippen molar-refractivity contribution in [3.8, 4) is 0 Å². The maximum atomic E-state index is 12.1. The number of aryl methyl sites for hydroxylation is 1. The Labute approximate surface area is 112 Å². The van der Waals surface area contributed by atoms with Gasteiger partial charge in [0.1, 0.15) is 0 Å². The molecule has 2 rings (SSSR count). The van der Waals surface area contributed by atoms with Crippen molar-refractivity contribution in [2.75, 3.05) is 32.1 Å². The van der Waals surface area contributed by atoms with Crippen molar-refractivity contribution in [1.82, 2.24) is 4.90 Å². The van der Waals surface area contributed by atoms with E-state index in [1.54, 1.807) is 25.1 Å². The molecule has 1 aromatic carbocycles. The first-order valence-electron chi connectivity index (χ1n) is 6.30. The molecule has 102 valence electrons. The number of fused-ring (bicyclic) bond motifs is 1. The number of rotatable bonds is 3. The lowest BCUT2D eigenvalue weighted by Gasteiger charge is -2.26. The predicted molar refractivity (Wildman–Crippen MR) is 72.2 cm³/mol. The van der Waals surface area contributed by atoms with E-state index in [0.29, 0.717) is 24.9 Å². The standard InChI is InChI=1S/C14H18N2O3/c1-15(7-8-17)14(19)11-3-5-12-10(9-11)4-6-13(18)16(12)2/h3,5,9,17H,4,6-8H2,1-2H3. The Hall–Kier alpha value is -1.88. The van der Waals surface area contributed by atoms with E-state index in [2.05, 4.69) is 0 Å². The zero-order valence-corrected chi connectivity index (χ0v) is 11.2. The van der Waals surface area contributed by atoms with Gasteiger partial charge in [-0.15, -0.1) is 0 Å². The zero-order chi connectivity index (χ0) is 14.0. The van der Waals surface area contributed by atoms with E-state index in [4.69, 9.17) is 5.11 Å². The van der Waals surface area contributed by atoms with Crippen LogP contribution in [0, 0.1) is 0 Å². The minimum Gasteiger partial charge on any atom is -0.395 e. The van der Waals surface area contributed by atoms with E-state index >= 15 is 0 Å². The fourth-order valence-electron chi connectivity index (χ4n) is 2.26. The Kier molecular flexibility index (Phi) is 3.85. The Morgan fingerprint density at radius 1 is 1.42 bits per heavy atom. The number of likely N-dealkylation sites (N-methyl/N-ethyl adjacent to an activating group) is 1. The molecule has 0 unspecified atom stereocenters. The molecule has 0 atom stereocenters. The Bertz CT molecular complexity index is 513. The first-order valence-corrected chi connectivity index (χ1v) is 6.30. The fraction of sp³-hybridized carbons (Fsp3) is 0.429. The summed E-state index contributed by atoms with van der Waals surface area (Å²) < 4.78 is 0. The van der Waals surface area contributed by atoms with Crippen LogP contribution in [0.25, 0.3) is 0 Å². The largest absolute Gasteiger partial charge is 0.395 e. The summed E-state index contributed by atoms with van der Waals surface area (Å²) in [6, 6.07) is 5.38. The summed E-state index contributed by atoms with van der Waals surface area (Å²) >= 11 is 0. The Morgan fingerprint density at radius 2 is 2.16 bits per heavy atom. The first-order chi connectivity index (χ1) is 9.04. The molecule has 1 N–H and O–H groups in total. The molecule has 0 radical (unpaired) electrons. The van der Waals surface area contributed by atoms with Gasteiger partial charge >= 0.3 is 0 Å². The molecule has 0 saturated heterocycles. The van der Waals surface area contributed by atoms with E-state index in [1.807, 2.05) is 12.1 Å². The molecule has 1 aliphatic rings. The van der Waals surface area contributed by atoms with Crippen LogP contribution in [-0.2, 0) is 11.2 Å². The number of carbonyl (C=O) groups excluding carboxylic acids is 2. The van der Waals surface area contributed by atoms with Gasteiger partial charge in [0.25, 0.3) is 5.91 Å². The number of carbonyl (C=O) groups is 2. The molecular formula is C14H18N2O3. The average molecular weight is 262 g/mol. The molecule has 5 nitrogen and oxygen atoms in total. The summed E-state index contributed by atoms with van der Waals surface area (Å²) in [7, 11) is 3.41. The van der Waals surface area contributed by atoms with Crippen molar-refractivity contribution in [3.05, 3.63) is 29.3 Å². The van der Waals surface area contributed by atoms with Crippen LogP contribution in [0.2, 0.25) is 0 Å². The second-order valence-corrected chi connectivity index (χ2v) is 4.75. The summed E-state index contributed by atoms with van der Waals surface area (Å²) in [5.74, 6) is -0.0135. The van der Waals surface area contributed by atoms with Crippen molar-refractivity contribution in [3.63, 3.8) is 0 Å². The van der Waals surface area contributed by atoms with Gasteiger partial charge in [0, 0.05) is 38.3 Å². The molecule has 0 spiro atoms. The van der Waals surface area contributed by atoms with Crippen LogP contribution in [0.3, 0.4) is 0 Å². The highest BCUT2D eigenvalue weighted by Crippen LogP contribution is 2.27. The third-order valence-corrected chi connectivity index (χ3v) is 3.45. The Balaban J connectivity index is 2.27. The van der Waals surface area contributed by atoms with E-state index in [9.17, 15) is 9.59 Å². The van der Waals surface area contributed by atoms with Crippen LogP contribution in [0.15, 0.2) is 18.2 Å². The van der Waals surface area contributed by atoms with Gasteiger partial charge in [0.15, 0.2) is 0 Å². The van der Waals surface area contributed by atoms with Crippen molar-refractivity contribution in [1.29, 1.82) is 0 Å².